The van der Waals surface area contributed by atoms with Crippen molar-refractivity contribution >= 4 is 24.2 Å². The summed E-state index contributed by atoms with van der Waals surface area (Å²) in [5.74, 6) is 0. The lowest BCUT2D eigenvalue weighted by molar-refractivity contribution is 0.312. The Bertz CT molecular complexity index is 208. The predicted octanol–water partition coefficient (Wildman–Crippen LogP) is 3.40. The fourth-order valence-electron chi connectivity index (χ4n) is 0.300. The summed E-state index contributed by atoms with van der Waals surface area (Å²) in [4.78, 5) is 0. The molecule has 0 aliphatic carbocycles. The van der Waals surface area contributed by atoms with Crippen LogP contribution in [0.15, 0.2) is 0 Å². The van der Waals surface area contributed by atoms with Crippen molar-refractivity contribution in [2.45, 2.75) is 38.9 Å². The molecule has 0 amide bonds. The zero-order valence-corrected chi connectivity index (χ0v) is 10.4. The highest BCUT2D eigenvalue weighted by Gasteiger charge is 2.36. The molecule has 0 aliphatic rings. The minimum atomic E-state index is -2.31. The first-order valence-electron chi connectivity index (χ1n) is 5.60. The van der Waals surface area contributed by atoms with Crippen LogP contribution in [0.25, 0.3) is 0 Å². The molecule has 0 aliphatic heterocycles. The van der Waals surface area contributed by atoms with Gasteiger partial charge in [0.05, 0.1) is 2.74 Å². The lowest BCUT2D eigenvalue weighted by Gasteiger charge is -2.35. The maximum Gasteiger partial charge on any atom is 0.192 e. The summed E-state index contributed by atoms with van der Waals surface area (Å²) in [6.45, 7) is 7.43. The number of hydrogen-bond donors (Lipinski definition) is 0. The lowest BCUT2D eigenvalue weighted by atomic mass is 10.2. The van der Waals surface area contributed by atoms with Gasteiger partial charge in [-0.25, -0.2) is 0 Å². The molecule has 0 N–H and O–H groups in total. The van der Waals surface area contributed by atoms with Crippen molar-refractivity contribution in [1.29, 1.82) is 0 Å². The number of rotatable bonds is 3. The second kappa shape index (κ2) is 4.05. The first-order chi connectivity index (χ1) is 6.21. The predicted molar refractivity (Wildman–Crippen MR) is 56.9 cm³/mol. The molecule has 0 radical (unpaired) electrons. The molecule has 0 fully saturated rings. The highest BCUT2D eigenvalue weighted by atomic mass is 79.9. The van der Waals surface area contributed by atoms with Crippen LogP contribution in [0.5, 0.6) is 0 Å². The largest absolute Gasteiger partial charge is 0.416 e. The van der Waals surface area contributed by atoms with Crippen molar-refractivity contribution in [1.82, 2.24) is 0 Å². The molecule has 0 unspecified atom stereocenters. The van der Waals surface area contributed by atoms with Gasteiger partial charge in [-0.2, -0.15) is 0 Å². The standard InChI is InChI=1S/C8H19BrOSi/c1-8(2,3)11(4,5)10-7-6-9/h6-7H2,1-5H3/i6D2,7D2. The van der Waals surface area contributed by atoms with E-state index in [1.807, 2.05) is 33.9 Å². The van der Waals surface area contributed by atoms with Gasteiger partial charge in [0.25, 0.3) is 0 Å². The fourth-order valence-corrected chi connectivity index (χ4v) is 1.14. The maximum absolute atomic E-state index is 7.57. The van der Waals surface area contributed by atoms with E-state index in [0.717, 1.165) is 0 Å². The number of hydrogen-bond acceptors (Lipinski definition) is 1. The Morgan fingerprint density at radius 1 is 1.45 bits per heavy atom. The average molecular weight is 243 g/mol. The smallest absolute Gasteiger partial charge is 0.192 e. The van der Waals surface area contributed by atoms with E-state index in [0.29, 0.717) is 0 Å². The third-order valence-electron chi connectivity index (χ3n) is 2.15. The van der Waals surface area contributed by atoms with Gasteiger partial charge in [0.1, 0.15) is 0 Å². The van der Waals surface area contributed by atoms with E-state index < -0.39 is 20.2 Å². The van der Waals surface area contributed by atoms with Crippen LogP contribution in [0, 0.1) is 0 Å². The summed E-state index contributed by atoms with van der Waals surface area (Å²) in [5, 5.41) is -2.31. The Labute approximate surface area is 85.4 Å². The van der Waals surface area contributed by atoms with Gasteiger partial charge in [-0.15, -0.1) is 0 Å². The first-order valence-corrected chi connectivity index (χ1v) is 7.30. The average Bonchev–Trinajstić information content (AvgIpc) is 1.77. The van der Waals surface area contributed by atoms with E-state index in [1.165, 1.54) is 0 Å². The van der Waals surface area contributed by atoms with E-state index in [9.17, 15) is 0 Å². The topological polar surface area (TPSA) is 9.23 Å². The molecule has 11 heavy (non-hydrogen) atoms. The van der Waals surface area contributed by atoms with Crippen molar-refractivity contribution in [3.8, 4) is 0 Å². The molecule has 0 rings (SSSR count). The van der Waals surface area contributed by atoms with Crippen molar-refractivity contribution in [2.24, 2.45) is 0 Å². The monoisotopic (exact) mass is 242 g/mol. The number of alkyl halides is 1. The number of halogens is 1. The molecule has 0 heterocycles. The van der Waals surface area contributed by atoms with Gasteiger partial charge in [0, 0.05) is 14.6 Å². The van der Waals surface area contributed by atoms with Crippen LogP contribution in [-0.4, -0.2) is 20.2 Å². The molecule has 0 bridgehead atoms. The van der Waals surface area contributed by atoms with Crippen LogP contribution in [0.4, 0.5) is 0 Å². The summed E-state index contributed by atoms with van der Waals surface area (Å²) in [6.07, 6.45) is 0. The molecule has 0 aromatic heterocycles. The highest BCUT2D eigenvalue weighted by Crippen LogP contribution is 2.36. The third kappa shape index (κ3) is 3.72. The molecular formula is C8H19BrOSi. The molecule has 3 heteroatoms. The molecule has 0 aromatic carbocycles. The van der Waals surface area contributed by atoms with E-state index in [2.05, 4.69) is 15.9 Å². The van der Waals surface area contributed by atoms with Gasteiger partial charge in [-0.05, 0) is 18.1 Å². The Morgan fingerprint density at radius 3 is 2.18 bits per heavy atom. The Kier molecular flexibility index (Phi) is 2.27. The van der Waals surface area contributed by atoms with Crippen LogP contribution in [-0.2, 0) is 4.43 Å². The van der Waals surface area contributed by atoms with Crippen molar-refractivity contribution in [3.63, 3.8) is 0 Å². The minimum Gasteiger partial charge on any atom is -0.416 e. The zero-order chi connectivity index (χ0) is 12.7. The van der Waals surface area contributed by atoms with Gasteiger partial charge < -0.3 is 4.43 Å². The highest BCUT2D eigenvalue weighted by molar-refractivity contribution is 9.09. The summed E-state index contributed by atoms with van der Waals surface area (Å²) in [7, 11) is -2.30. The van der Waals surface area contributed by atoms with E-state index in [1.54, 1.807) is 0 Å². The lowest BCUT2D eigenvalue weighted by Crippen LogP contribution is -2.41. The van der Waals surface area contributed by atoms with Gasteiger partial charge >= 0.3 is 0 Å². The van der Waals surface area contributed by atoms with E-state index in [4.69, 9.17) is 9.91 Å². The van der Waals surface area contributed by atoms with E-state index in [-0.39, 0.29) is 5.04 Å². The second-order valence-corrected chi connectivity index (χ2v) is 9.18. The Morgan fingerprint density at radius 2 is 1.91 bits per heavy atom. The summed E-state index contributed by atoms with van der Waals surface area (Å²) < 4.78 is 35.2. The van der Waals surface area contributed by atoms with Crippen molar-refractivity contribution < 1.29 is 9.91 Å². The van der Waals surface area contributed by atoms with Crippen LogP contribution in [0.3, 0.4) is 0 Å². The van der Waals surface area contributed by atoms with Gasteiger partial charge in [0.2, 0.25) is 0 Å². The SMILES string of the molecule is [2H]C([2H])(Br)C([2H])([2H])O[Si](C)(C)C(C)(C)C. The van der Waals surface area contributed by atoms with Gasteiger partial charge in [-0.1, -0.05) is 36.7 Å². The molecule has 68 valence electrons. The summed E-state index contributed by atoms with van der Waals surface area (Å²) in [6, 6.07) is 0. The van der Waals surface area contributed by atoms with Crippen LogP contribution < -0.4 is 0 Å². The Balaban J connectivity index is 4.89. The third-order valence-corrected chi connectivity index (χ3v) is 6.54. The molecule has 0 aromatic rings. The quantitative estimate of drug-likeness (QED) is 0.545. The minimum absolute atomic E-state index is 0.140. The zero-order valence-electron chi connectivity index (χ0n) is 11.8. The van der Waals surface area contributed by atoms with E-state index >= 15 is 0 Å². The van der Waals surface area contributed by atoms with Gasteiger partial charge in [0.15, 0.2) is 8.32 Å². The maximum atomic E-state index is 7.57. The first kappa shape index (κ1) is 6.16. The van der Waals surface area contributed by atoms with Crippen molar-refractivity contribution in [2.75, 3.05) is 11.8 Å². The molecule has 0 atom stereocenters. The normalized spacial score (nSPS) is 21.6. The van der Waals surface area contributed by atoms with Crippen LogP contribution >= 0.6 is 15.9 Å². The fraction of sp³-hybridized carbons (Fsp3) is 1.00. The summed E-state index contributed by atoms with van der Waals surface area (Å²) in [5.41, 5.74) is 0. The molecule has 0 saturated heterocycles. The molecule has 0 spiro atoms. The second-order valence-electron chi connectivity index (χ2n) is 4.06. The Hall–Kier alpha value is 0.657. The summed E-state index contributed by atoms with van der Waals surface area (Å²) >= 11 is 2.68. The molecule has 1 nitrogen and oxygen atoms in total. The van der Waals surface area contributed by atoms with Gasteiger partial charge in [-0.3, -0.25) is 0 Å². The van der Waals surface area contributed by atoms with Crippen molar-refractivity contribution in [3.05, 3.63) is 0 Å². The van der Waals surface area contributed by atoms with Crippen LogP contribution in [0.1, 0.15) is 26.3 Å². The molecular weight excluding hydrogens is 220 g/mol. The molecule has 0 saturated carbocycles. The van der Waals surface area contributed by atoms with Crippen LogP contribution in [0.2, 0.25) is 18.1 Å².